The Labute approximate surface area is 223 Å². The number of carbonyl (C=O) groups is 2. The third kappa shape index (κ3) is 5.30. The number of benzene rings is 2. The van der Waals surface area contributed by atoms with E-state index in [0.717, 1.165) is 29.0 Å². The molecule has 0 unspecified atom stereocenters. The van der Waals surface area contributed by atoms with Gasteiger partial charge >= 0.3 is 0 Å². The zero-order chi connectivity index (χ0) is 27.4. The number of hydrogen-bond donors (Lipinski definition) is 0. The molecule has 0 saturated carbocycles. The first-order valence-corrected chi connectivity index (χ1v) is 12.8. The van der Waals surface area contributed by atoms with Crippen molar-refractivity contribution in [2.24, 2.45) is 5.92 Å². The maximum Gasteiger partial charge on any atom is 0.271 e. The van der Waals surface area contributed by atoms with Gasteiger partial charge in [-0.1, -0.05) is 39.0 Å². The molecule has 0 aliphatic carbocycles. The van der Waals surface area contributed by atoms with Crippen molar-refractivity contribution in [2.75, 3.05) is 13.2 Å². The number of rotatable bonds is 8. The van der Waals surface area contributed by atoms with Gasteiger partial charge in [0.15, 0.2) is 0 Å². The van der Waals surface area contributed by atoms with Crippen LogP contribution in [-0.2, 0) is 9.59 Å². The highest BCUT2D eigenvalue weighted by Gasteiger charge is 2.36. The molecule has 0 radical (unpaired) electrons. The average molecular weight is 509 g/mol. The van der Waals surface area contributed by atoms with Crippen LogP contribution in [0.2, 0.25) is 0 Å². The molecular formula is C31H32N4O3. The highest BCUT2D eigenvalue weighted by atomic mass is 16.5. The van der Waals surface area contributed by atoms with Gasteiger partial charge in [-0.15, -0.1) is 0 Å². The minimum Gasteiger partial charge on any atom is -0.493 e. The van der Waals surface area contributed by atoms with Crippen molar-refractivity contribution in [2.45, 2.75) is 41.0 Å². The van der Waals surface area contributed by atoms with Gasteiger partial charge in [0.1, 0.15) is 17.4 Å². The van der Waals surface area contributed by atoms with Crippen LogP contribution in [0.25, 0.3) is 23.0 Å². The smallest absolute Gasteiger partial charge is 0.271 e. The van der Waals surface area contributed by atoms with E-state index in [1.807, 2.05) is 81.6 Å². The number of carbonyl (C=O) groups excluding carboxylic acids is 2. The number of para-hydroxylation sites is 1. The highest BCUT2D eigenvalue weighted by Crippen LogP contribution is 2.33. The summed E-state index contributed by atoms with van der Waals surface area (Å²) in [6.07, 6.45) is 4.53. The van der Waals surface area contributed by atoms with Crippen LogP contribution in [0, 0.1) is 24.2 Å². The predicted molar refractivity (Wildman–Crippen MR) is 147 cm³/mol. The molecule has 0 bridgehead atoms. The molecule has 2 amide bonds. The molecule has 4 rings (SSSR count). The Bertz CT molecular complexity index is 1470. The minimum absolute atomic E-state index is 0.0122. The molecule has 38 heavy (non-hydrogen) atoms. The first kappa shape index (κ1) is 26.6. The van der Waals surface area contributed by atoms with Crippen LogP contribution in [0.5, 0.6) is 5.75 Å². The molecule has 7 heteroatoms. The first-order valence-electron chi connectivity index (χ1n) is 12.8. The van der Waals surface area contributed by atoms with Crippen molar-refractivity contribution in [3.63, 3.8) is 0 Å². The van der Waals surface area contributed by atoms with E-state index in [1.54, 1.807) is 17.7 Å². The minimum atomic E-state index is -0.542. The van der Waals surface area contributed by atoms with Gasteiger partial charge in [0, 0.05) is 29.4 Å². The van der Waals surface area contributed by atoms with Gasteiger partial charge in [0.25, 0.3) is 11.8 Å². The predicted octanol–water partition coefficient (Wildman–Crippen LogP) is 5.88. The van der Waals surface area contributed by atoms with Crippen molar-refractivity contribution in [3.05, 3.63) is 82.6 Å². The molecule has 0 atom stereocenters. The van der Waals surface area contributed by atoms with Gasteiger partial charge in [-0.2, -0.15) is 10.4 Å². The number of ether oxygens (including phenoxy) is 1. The van der Waals surface area contributed by atoms with E-state index in [4.69, 9.17) is 9.84 Å². The molecule has 0 saturated heterocycles. The lowest BCUT2D eigenvalue weighted by Gasteiger charge is -2.28. The van der Waals surface area contributed by atoms with E-state index in [0.29, 0.717) is 29.0 Å². The lowest BCUT2D eigenvalue weighted by molar-refractivity contribution is -0.141. The van der Waals surface area contributed by atoms with Crippen molar-refractivity contribution >= 4 is 17.9 Å². The molecule has 1 aliphatic heterocycles. The van der Waals surface area contributed by atoms with Gasteiger partial charge in [0.2, 0.25) is 0 Å². The molecule has 0 spiro atoms. The molecule has 1 aromatic heterocycles. The van der Waals surface area contributed by atoms with E-state index in [-0.39, 0.29) is 18.0 Å². The lowest BCUT2D eigenvalue weighted by Crippen LogP contribution is -2.44. The average Bonchev–Trinajstić information content (AvgIpc) is 3.33. The fraction of sp³-hybridized carbons (Fsp3) is 0.290. The van der Waals surface area contributed by atoms with Gasteiger partial charge < -0.3 is 4.74 Å². The van der Waals surface area contributed by atoms with Crippen LogP contribution in [0.15, 0.2) is 71.4 Å². The van der Waals surface area contributed by atoms with Gasteiger partial charge in [-0.25, -0.2) is 4.68 Å². The molecule has 2 aromatic carbocycles. The summed E-state index contributed by atoms with van der Waals surface area (Å²) in [4.78, 5) is 27.6. The number of imide groups is 1. The molecule has 0 N–H and O–H groups in total. The summed E-state index contributed by atoms with van der Waals surface area (Å²) < 4.78 is 7.62. The Kier molecular flexibility index (Phi) is 7.92. The molecule has 3 aromatic rings. The quantitative estimate of drug-likeness (QED) is 0.280. The summed E-state index contributed by atoms with van der Waals surface area (Å²) in [5.41, 5.74) is 4.78. The molecule has 2 heterocycles. The standard InChI is InChI=1S/C31H32N4O3/c1-6-14-38-28-13-12-23(15-21(28)4)29-24(19-35(33-29)25-10-8-7-9-11-25)16-26-22(5)27(17-32)31(37)34(30(26)36)18-20(2)3/h7-13,15-16,19-20H,6,14,18H2,1-5H3/b26-16+. The number of aromatic nitrogens is 2. The fourth-order valence-corrected chi connectivity index (χ4v) is 4.42. The number of nitrogens with zero attached hydrogens (tertiary/aromatic N) is 4. The fourth-order valence-electron chi connectivity index (χ4n) is 4.42. The maximum absolute atomic E-state index is 13.5. The van der Waals surface area contributed by atoms with Crippen LogP contribution in [0.3, 0.4) is 0 Å². The topological polar surface area (TPSA) is 88.2 Å². The van der Waals surface area contributed by atoms with Crippen molar-refractivity contribution in [3.8, 4) is 28.8 Å². The number of hydrogen-bond acceptors (Lipinski definition) is 5. The number of aryl methyl sites for hydroxylation is 1. The molecule has 1 aliphatic rings. The summed E-state index contributed by atoms with van der Waals surface area (Å²) in [6.45, 7) is 10.4. The summed E-state index contributed by atoms with van der Waals surface area (Å²) in [5.74, 6) is -0.0616. The van der Waals surface area contributed by atoms with Crippen LogP contribution >= 0.6 is 0 Å². The van der Waals surface area contributed by atoms with Crippen LogP contribution in [-0.4, -0.2) is 39.6 Å². The Hall–Kier alpha value is -4.44. The van der Waals surface area contributed by atoms with E-state index >= 15 is 0 Å². The Morgan fingerprint density at radius 1 is 1.08 bits per heavy atom. The Balaban J connectivity index is 1.89. The van der Waals surface area contributed by atoms with Gasteiger partial charge in [-0.05, 0) is 73.7 Å². The second kappa shape index (κ2) is 11.3. The summed E-state index contributed by atoms with van der Waals surface area (Å²) in [7, 11) is 0. The van der Waals surface area contributed by atoms with E-state index in [9.17, 15) is 14.9 Å². The Morgan fingerprint density at radius 2 is 1.82 bits per heavy atom. The van der Waals surface area contributed by atoms with Gasteiger partial charge in [0.05, 0.1) is 18.0 Å². The third-order valence-corrected chi connectivity index (χ3v) is 6.35. The number of nitriles is 1. The monoisotopic (exact) mass is 508 g/mol. The van der Waals surface area contributed by atoms with Crippen LogP contribution < -0.4 is 4.74 Å². The number of amides is 2. The maximum atomic E-state index is 13.5. The van der Waals surface area contributed by atoms with E-state index < -0.39 is 11.8 Å². The molecular weight excluding hydrogens is 476 g/mol. The zero-order valence-corrected chi connectivity index (χ0v) is 22.5. The molecule has 0 fully saturated rings. The first-order chi connectivity index (χ1) is 18.2. The van der Waals surface area contributed by atoms with Crippen molar-refractivity contribution < 1.29 is 14.3 Å². The summed E-state index contributed by atoms with van der Waals surface area (Å²) in [6, 6.07) is 17.6. The highest BCUT2D eigenvalue weighted by molar-refractivity contribution is 6.19. The zero-order valence-electron chi connectivity index (χ0n) is 22.5. The van der Waals surface area contributed by atoms with E-state index in [1.165, 1.54) is 4.90 Å². The third-order valence-electron chi connectivity index (χ3n) is 6.35. The summed E-state index contributed by atoms with van der Waals surface area (Å²) in [5, 5.41) is 14.6. The van der Waals surface area contributed by atoms with E-state index in [2.05, 4.69) is 6.92 Å². The SMILES string of the molecule is CCCOc1ccc(-c2nn(-c3ccccc3)cc2/C=C2/C(=O)N(CC(C)C)C(=O)C(C#N)=C2C)cc1C. The molecule has 194 valence electrons. The lowest BCUT2D eigenvalue weighted by atomic mass is 9.92. The van der Waals surface area contributed by atoms with Gasteiger partial charge in [-0.3, -0.25) is 14.5 Å². The van der Waals surface area contributed by atoms with Crippen molar-refractivity contribution in [1.82, 2.24) is 14.7 Å². The second-order valence-corrected chi connectivity index (χ2v) is 9.83. The summed E-state index contributed by atoms with van der Waals surface area (Å²) >= 11 is 0. The van der Waals surface area contributed by atoms with Crippen LogP contribution in [0.4, 0.5) is 0 Å². The Morgan fingerprint density at radius 3 is 2.45 bits per heavy atom. The normalized spacial score (nSPS) is 15.0. The largest absolute Gasteiger partial charge is 0.493 e. The van der Waals surface area contributed by atoms with Crippen LogP contribution in [0.1, 0.15) is 45.2 Å². The second-order valence-electron chi connectivity index (χ2n) is 9.83. The van der Waals surface area contributed by atoms with Crippen molar-refractivity contribution in [1.29, 1.82) is 5.26 Å². The molecule has 7 nitrogen and oxygen atoms in total.